The van der Waals surface area contributed by atoms with Gasteiger partial charge in [-0.05, 0) is 46.7 Å². The van der Waals surface area contributed by atoms with E-state index in [1.165, 1.54) is 153 Å². The molecule has 85 heavy (non-hydrogen) atoms. The van der Waals surface area contributed by atoms with Gasteiger partial charge in [0, 0.05) is 0 Å². The van der Waals surface area contributed by atoms with E-state index in [9.17, 15) is 0 Å². The minimum atomic E-state index is -3.03. The van der Waals surface area contributed by atoms with E-state index in [1.54, 1.807) is 0 Å². The van der Waals surface area contributed by atoms with Crippen LogP contribution in [0.25, 0.3) is 50.9 Å². The fourth-order valence-electron chi connectivity index (χ4n) is 14.4. The molecule has 0 amide bonds. The van der Waals surface area contributed by atoms with Gasteiger partial charge in [-0.1, -0.05) is 96.1 Å². The quantitative estimate of drug-likeness (QED) is 0.140. The molecule has 2 nitrogen and oxygen atoms in total. The van der Waals surface area contributed by atoms with Crippen molar-refractivity contribution in [1.82, 2.24) is 0 Å². The molecule has 0 spiro atoms. The van der Waals surface area contributed by atoms with Crippen molar-refractivity contribution in [3.63, 3.8) is 0 Å². The van der Waals surface area contributed by atoms with Crippen LogP contribution >= 0.6 is 22.7 Å². The van der Waals surface area contributed by atoms with Gasteiger partial charge >= 0.3 is 367 Å². The molecule has 408 valence electrons. The summed E-state index contributed by atoms with van der Waals surface area (Å²) in [6.45, 7) is 13.4. The molecule has 5 heterocycles. The molecule has 0 unspecified atom stereocenters. The average molecular weight is 1220 g/mol. The number of thiophene rings is 2. The van der Waals surface area contributed by atoms with Crippen molar-refractivity contribution in [3.05, 3.63) is 287 Å². The summed E-state index contributed by atoms with van der Waals surface area (Å²) < 4.78 is 2.90. The number of para-hydroxylation sites is 3. The maximum absolute atomic E-state index is 3.03. The first kappa shape index (κ1) is 52.2. The predicted octanol–water partition coefficient (Wildman–Crippen LogP) is 15.8. The van der Waals surface area contributed by atoms with Crippen LogP contribution in [0.15, 0.2) is 255 Å². The SMILES string of the molecule is Cc1ccc([Si]2(c3ccc(C)cc3)c3ccccc3N(c3cc(-c4ccc(C)s4)c4cc(N5c6ccccc6[Si](c6ccc(C)cc6)(c6ccc(C)cc6)c6cc7c(cc65)[se]c5ccccc57)cc(-c5ccc(C)s5)c4c3)c3ccccc32)cc1. The van der Waals surface area contributed by atoms with Crippen molar-refractivity contribution < 1.29 is 0 Å². The van der Waals surface area contributed by atoms with Crippen molar-refractivity contribution in [2.24, 2.45) is 0 Å². The Morgan fingerprint density at radius 3 is 1.08 bits per heavy atom. The van der Waals surface area contributed by atoms with Gasteiger partial charge in [-0.3, -0.25) is 0 Å². The molecular weight excluding hydrogens is 1160 g/mol. The zero-order valence-corrected chi connectivity index (χ0v) is 53.7. The van der Waals surface area contributed by atoms with Crippen LogP contribution < -0.4 is 51.3 Å². The smallest absolute Gasteiger partial charge is 0.0622 e. The van der Waals surface area contributed by atoms with E-state index in [-0.39, 0.29) is 14.5 Å². The summed E-state index contributed by atoms with van der Waals surface area (Å²) >= 11 is 3.94. The minimum Gasteiger partial charge on any atom is -0.0622 e. The second-order valence-corrected chi connectivity index (χ2v) is 35.9. The summed E-state index contributed by atoms with van der Waals surface area (Å²) in [6, 6.07) is 100. The van der Waals surface area contributed by atoms with E-state index in [1.807, 2.05) is 22.7 Å². The van der Waals surface area contributed by atoms with Crippen LogP contribution in [0.3, 0.4) is 0 Å². The van der Waals surface area contributed by atoms with E-state index < -0.39 is 16.1 Å². The Bertz CT molecular complexity index is 4830. The van der Waals surface area contributed by atoms with E-state index in [2.05, 4.69) is 306 Å². The molecule has 0 bridgehead atoms. The summed E-state index contributed by atoms with van der Waals surface area (Å²) in [7, 11) is -5.92. The molecule has 0 saturated heterocycles. The third-order valence-electron chi connectivity index (χ3n) is 18.3. The Morgan fingerprint density at radius 1 is 0.294 bits per heavy atom. The van der Waals surface area contributed by atoms with E-state index >= 15 is 0 Å². The molecule has 14 aromatic rings. The summed E-state index contributed by atoms with van der Waals surface area (Å²) in [6.07, 6.45) is 0. The van der Waals surface area contributed by atoms with Gasteiger partial charge in [0.15, 0.2) is 8.07 Å². The molecule has 7 heteroatoms. The van der Waals surface area contributed by atoms with Gasteiger partial charge in [0.2, 0.25) is 0 Å². The Balaban J connectivity index is 0.996. The van der Waals surface area contributed by atoms with Crippen LogP contribution in [0.5, 0.6) is 0 Å². The van der Waals surface area contributed by atoms with Crippen LogP contribution in [0.4, 0.5) is 34.1 Å². The molecule has 0 saturated carbocycles. The van der Waals surface area contributed by atoms with Crippen molar-refractivity contribution in [2.45, 2.75) is 41.5 Å². The zero-order chi connectivity index (χ0) is 57.3. The zero-order valence-electron chi connectivity index (χ0n) is 48.4. The minimum absolute atomic E-state index is 0.152. The van der Waals surface area contributed by atoms with Crippen LogP contribution in [-0.2, 0) is 0 Å². The first-order chi connectivity index (χ1) is 41.6. The molecule has 3 aromatic heterocycles. The van der Waals surface area contributed by atoms with Gasteiger partial charge in [-0.15, -0.1) is 0 Å². The van der Waals surface area contributed by atoms with Crippen LogP contribution in [0, 0.1) is 41.5 Å². The number of hydrogen-bond acceptors (Lipinski definition) is 4. The second kappa shape index (κ2) is 20.1. The third kappa shape index (κ3) is 8.05. The monoisotopic (exact) mass is 1220 g/mol. The number of aryl methyl sites for hydroxylation is 6. The van der Waals surface area contributed by atoms with Crippen LogP contribution in [0.1, 0.15) is 32.0 Å². The Hall–Kier alpha value is -8.37. The fourth-order valence-corrected chi connectivity index (χ4v) is 28.6. The van der Waals surface area contributed by atoms with E-state index in [0.29, 0.717) is 0 Å². The van der Waals surface area contributed by atoms with Crippen molar-refractivity contribution >= 4 is 159 Å². The maximum atomic E-state index is 2.68. The Morgan fingerprint density at radius 2 is 0.671 bits per heavy atom. The molecule has 0 N–H and O–H groups in total. The predicted molar refractivity (Wildman–Crippen MR) is 375 cm³/mol. The molecule has 11 aromatic carbocycles. The van der Waals surface area contributed by atoms with Gasteiger partial charge in [0.1, 0.15) is 0 Å². The standard InChI is InChI=1S/C78H60N2S2SeSi2/c1-49-23-33-57(34-24-49)84(58-35-25-50(2)26-36-58)75-20-12-8-16-67(75)79(68-17-9-13-21-76(68)84)55-43-62-63(64(45-55)71-41-31-53(5)81-71)44-56(46-65(62)72-42-32-54(6)82-72)80-69-18-10-14-22-77(69)85(59-37-27-51(3)28-38-59,60-39-29-52(4)30-40-60)78-47-66-61-15-7-11-19-73(61)83-74(66)48-70(78)80/h7-48H,1-6H3. The Kier molecular flexibility index (Phi) is 12.4. The fraction of sp³-hybridized carbons (Fsp3) is 0.0769. The number of nitrogens with zero attached hydrogens (tertiary/aromatic N) is 2. The average Bonchev–Trinajstić information content (AvgIpc) is 1.90. The van der Waals surface area contributed by atoms with Gasteiger partial charge in [-0.2, -0.15) is 0 Å². The Labute approximate surface area is 514 Å². The molecule has 0 aliphatic carbocycles. The van der Waals surface area contributed by atoms with Crippen molar-refractivity contribution in [2.75, 3.05) is 9.80 Å². The molecule has 2 aliphatic heterocycles. The normalized spacial score (nSPS) is 13.9. The van der Waals surface area contributed by atoms with Crippen LogP contribution in [-0.4, -0.2) is 30.7 Å². The second-order valence-electron chi connectivity index (χ2n) is 23.6. The number of fused-ring (bicyclic) bond motifs is 8. The van der Waals surface area contributed by atoms with E-state index in [4.69, 9.17) is 0 Å². The van der Waals surface area contributed by atoms with Gasteiger partial charge < -0.3 is 0 Å². The third-order valence-corrected chi connectivity index (χ3v) is 32.4. The number of hydrogen-bond donors (Lipinski definition) is 0. The molecule has 0 fully saturated rings. The molecular formula is C78H60N2S2SeSi2. The van der Waals surface area contributed by atoms with Crippen molar-refractivity contribution in [1.29, 1.82) is 0 Å². The molecule has 0 atom stereocenters. The van der Waals surface area contributed by atoms with Crippen LogP contribution in [0.2, 0.25) is 0 Å². The number of anilines is 6. The number of rotatable bonds is 8. The summed E-state index contributed by atoms with van der Waals surface area (Å²) in [5, 5.41) is 16.5. The summed E-state index contributed by atoms with van der Waals surface area (Å²) in [5.74, 6) is 0. The molecule has 0 radical (unpaired) electrons. The summed E-state index contributed by atoms with van der Waals surface area (Å²) in [5.41, 5.74) is 14.9. The first-order valence-electron chi connectivity index (χ1n) is 29.4. The summed E-state index contributed by atoms with van der Waals surface area (Å²) in [4.78, 5) is 10.4. The van der Waals surface area contributed by atoms with Gasteiger partial charge in [0.05, 0.1) is 0 Å². The van der Waals surface area contributed by atoms with Crippen molar-refractivity contribution in [3.8, 4) is 20.9 Å². The molecule has 16 rings (SSSR count). The van der Waals surface area contributed by atoms with E-state index in [0.717, 1.165) is 5.69 Å². The first-order valence-corrected chi connectivity index (χ1v) is 36.8. The topological polar surface area (TPSA) is 6.48 Å². The van der Waals surface area contributed by atoms with Gasteiger partial charge in [-0.25, -0.2) is 0 Å². The molecule has 2 aliphatic rings. The number of benzene rings is 11. The van der Waals surface area contributed by atoms with Gasteiger partial charge in [0.25, 0.3) is 0 Å².